The van der Waals surface area contributed by atoms with Crippen LogP contribution in [0.3, 0.4) is 0 Å². The molecule has 0 aliphatic rings. The predicted molar refractivity (Wildman–Crippen MR) is 419 cm³/mol. The fraction of sp³-hybridized carbons (Fsp3) is 0.455. The second-order valence-corrected chi connectivity index (χ2v) is 28.1. The molecular weight excluding hydrogens is 1410 g/mol. The number of rotatable bonds is 46. The maximum absolute atomic E-state index is 15.5. The molecule has 0 spiro atoms. The van der Waals surface area contributed by atoms with Gasteiger partial charge in [-0.2, -0.15) is 0 Å². The van der Waals surface area contributed by atoms with Gasteiger partial charge in [0.05, 0.1) is 6.04 Å². The van der Waals surface area contributed by atoms with E-state index in [-0.39, 0.29) is 88.5 Å². The number of aromatic hydroxyl groups is 1. The number of carbonyl (C=O) groups is 10. The van der Waals surface area contributed by atoms with E-state index < -0.39 is 131 Å². The molecule has 7 rings (SSSR count). The highest BCUT2D eigenvalue weighted by atomic mass is 16.4. The molecule has 0 unspecified atom stereocenters. The number of hydrogen-bond acceptors (Lipinski definition) is 16. The van der Waals surface area contributed by atoms with Crippen molar-refractivity contribution < 1.29 is 58.2 Å². The van der Waals surface area contributed by atoms with Crippen molar-refractivity contribution in [2.24, 2.45) is 40.5 Å². The first-order chi connectivity index (χ1) is 52.7. The lowest BCUT2D eigenvalue weighted by molar-refractivity contribution is -0.142. The zero-order valence-corrected chi connectivity index (χ0v) is 62.7. The van der Waals surface area contributed by atoms with Crippen molar-refractivity contribution in [1.29, 1.82) is 10.8 Å². The third-order valence-corrected chi connectivity index (χ3v) is 19.3. The average Bonchev–Trinajstić information content (AvgIpc) is 1.60. The van der Waals surface area contributed by atoms with E-state index in [1.165, 1.54) is 24.3 Å². The van der Waals surface area contributed by atoms with Gasteiger partial charge in [-0.25, -0.2) is 4.79 Å². The Labute approximate surface area is 638 Å². The van der Waals surface area contributed by atoms with Crippen molar-refractivity contribution in [2.75, 3.05) is 26.2 Å². The lowest BCUT2D eigenvalue weighted by Gasteiger charge is -2.30. The monoisotopic (exact) mass is 1520 g/mol. The Balaban J connectivity index is 1.20. The Morgan fingerprint density at radius 3 is 1.17 bits per heavy atom. The standard InChI is InChI=1S/C77H109N21O12/c1-5-44(4)65(74(108)92-59(27-17-35-86-77(83)84)69(103)96-63(75(109)110)36-45-28-30-49(99)31-29-45)98-72(106)62(39-48-42-89-56-24-11-8-20-52(48)56)95-73(107)64(43(2)3)97-71(105)61(38-47-41-88-55-23-10-7-19-51(47)55)94-70(104)60(37-46-40-87-54-22-9-6-18-50(46)54)93-68(102)58(26-16-34-85-76(81)82)91-67(101)57(25-13-15-33-79)90-66(100)53(80)21-12-14-32-78/h6-11,18-20,22-24,28-31,40-44,53,57-65,87-89,99H,5,12-17,21,25-27,32-39,78-80H2,1-4H3,(H,90,100)(H,91,101)(H,92,108)(H,93,102)(H,94,104)(H,95,107)(H,96,103)(H,97,105)(H,98,106)(H,109,110)(H4,81,82,85)(H4,83,84,86)/t44-,53-,57-,58-,59-,60-,61-,62-,63-,64-,65-/m0/s1. The van der Waals surface area contributed by atoms with Crippen LogP contribution in [0, 0.1) is 22.7 Å². The number of fused-ring (bicyclic) bond motifs is 3. The number of carbonyl (C=O) groups excluding carboxylic acids is 9. The summed E-state index contributed by atoms with van der Waals surface area (Å²) in [7, 11) is 0. The van der Waals surface area contributed by atoms with E-state index in [9.17, 15) is 34.2 Å². The summed E-state index contributed by atoms with van der Waals surface area (Å²) in [6, 6.07) is 13.9. The molecule has 110 heavy (non-hydrogen) atoms. The summed E-state index contributed by atoms with van der Waals surface area (Å²) in [5.41, 5.74) is 33.3. The first-order valence-corrected chi connectivity index (χ1v) is 37.4. The number of aromatic nitrogens is 3. The van der Waals surface area contributed by atoms with E-state index >= 15 is 24.0 Å². The fourth-order valence-electron chi connectivity index (χ4n) is 12.9. The van der Waals surface area contributed by atoms with E-state index in [1.54, 1.807) is 64.5 Å². The van der Waals surface area contributed by atoms with E-state index in [1.807, 2.05) is 54.6 Å². The average molecular weight is 1520 g/mol. The van der Waals surface area contributed by atoms with Gasteiger partial charge in [-0.15, -0.1) is 0 Å². The number of phenolic OH excluding ortho intramolecular Hbond substituents is 1. The lowest BCUT2D eigenvalue weighted by atomic mass is 9.96. The molecule has 0 saturated heterocycles. The summed E-state index contributed by atoms with van der Waals surface area (Å²) in [6.07, 6.45) is 7.42. The molecule has 3 aromatic heterocycles. The Morgan fingerprint density at radius 1 is 0.418 bits per heavy atom. The number of nitrogens with one attached hydrogen (secondary N) is 16. The number of benzene rings is 4. The first kappa shape index (κ1) is 85.7. The third-order valence-electron chi connectivity index (χ3n) is 19.3. The zero-order valence-electron chi connectivity index (χ0n) is 62.7. The van der Waals surface area contributed by atoms with Crippen LogP contribution in [0.2, 0.25) is 0 Å². The van der Waals surface area contributed by atoms with E-state index in [0.717, 1.165) is 0 Å². The van der Waals surface area contributed by atoms with Gasteiger partial charge in [0.2, 0.25) is 53.2 Å². The van der Waals surface area contributed by atoms with Crippen LogP contribution in [0.1, 0.15) is 121 Å². The summed E-state index contributed by atoms with van der Waals surface area (Å²) >= 11 is 0. The predicted octanol–water partition coefficient (Wildman–Crippen LogP) is 1.37. The first-order valence-electron chi connectivity index (χ1n) is 37.4. The van der Waals surface area contributed by atoms with Crippen molar-refractivity contribution >= 4 is 104 Å². The molecule has 0 aliphatic heterocycles. The quantitative estimate of drug-likeness (QED) is 0.0146. The largest absolute Gasteiger partial charge is 0.508 e. The van der Waals surface area contributed by atoms with Crippen molar-refractivity contribution in [2.45, 2.75) is 184 Å². The van der Waals surface area contributed by atoms with Crippen LogP contribution in [0.5, 0.6) is 5.75 Å². The highest BCUT2D eigenvalue weighted by Crippen LogP contribution is 2.24. The van der Waals surface area contributed by atoms with E-state index in [4.69, 9.17) is 39.5 Å². The molecule has 7 aromatic rings. The zero-order chi connectivity index (χ0) is 80.0. The molecule has 33 nitrogen and oxygen atoms in total. The van der Waals surface area contributed by atoms with Crippen molar-refractivity contribution in [3.8, 4) is 5.75 Å². The van der Waals surface area contributed by atoms with Crippen LogP contribution < -0.4 is 87.2 Å². The molecule has 28 N–H and O–H groups in total. The van der Waals surface area contributed by atoms with Gasteiger partial charge in [0.25, 0.3) is 0 Å². The normalized spacial score (nSPS) is 14.4. The number of carboxylic acid groups (broad SMARTS) is 1. The number of H-pyrrole nitrogens is 3. The van der Waals surface area contributed by atoms with Crippen molar-refractivity contribution in [1.82, 2.24) is 73.4 Å². The molecule has 9 amide bonds. The van der Waals surface area contributed by atoms with Crippen LogP contribution >= 0.6 is 0 Å². The molecule has 0 saturated carbocycles. The summed E-state index contributed by atoms with van der Waals surface area (Å²) in [6.45, 7) is 7.72. The van der Waals surface area contributed by atoms with Crippen LogP contribution in [0.25, 0.3) is 32.7 Å². The van der Waals surface area contributed by atoms with E-state index in [2.05, 4.69) is 73.4 Å². The number of hydrogen-bond donors (Lipinski definition) is 23. The number of nitrogens with two attached hydrogens (primary N) is 5. The van der Waals surface area contributed by atoms with Gasteiger partial charge >= 0.3 is 5.97 Å². The van der Waals surface area contributed by atoms with Gasteiger partial charge in [0.1, 0.15) is 60.1 Å². The second-order valence-electron chi connectivity index (χ2n) is 28.1. The maximum Gasteiger partial charge on any atom is 0.326 e. The number of para-hydroxylation sites is 3. The Hall–Kier alpha value is -11.6. The summed E-state index contributed by atoms with van der Waals surface area (Å²) in [4.78, 5) is 156. The molecule has 4 aromatic carbocycles. The Kier molecular flexibility index (Phi) is 33.4. The molecule has 0 radical (unpaired) electrons. The molecule has 33 heteroatoms. The van der Waals surface area contributed by atoms with Crippen LogP contribution in [-0.4, -0.2) is 183 Å². The van der Waals surface area contributed by atoms with Gasteiger partial charge in [-0.05, 0) is 135 Å². The SMILES string of the molecule is CC[C@H](C)[C@H](NC(=O)[C@H](Cc1c[nH]c2ccccc12)NC(=O)[C@@H](NC(=O)[C@H](Cc1c[nH]c2ccccc12)NC(=O)[C@H](Cc1c[nH]c2ccccc12)NC(=O)[C@H](CCCNC(=N)N)NC(=O)[C@H](CCCCN)NC(=O)[C@@H](N)CCCCN)C(C)C)C(=O)N[C@@H](CCCNC(=N)N)C(=O)N[C@@H](Cc1ccc(O)cc1)C(=O)O. The summed E-state index contributed by atoms with van der Waals surface area (Å²) in [5.74, 6) is -10.7. The number of guanidine groups is 2. The molecule has 0 aliphatic carbocycles. The number of amides is 9. The van der Waals surface area contributed by atoms with Gasteiger partial charge in [0, 0.05) is 90.1 Å². The highest BCUT2D eigenvalue weighted by Gasteiger charge is 2.38. The topological polar surface area (TPSA) is 569 Å². The Morgan fingerprint density at radius 2 is 0.764 bits per heavy atom. The van der Waals surface area contributed by atoms with Crippen LogP contribution in [0.4, 0.5) is 0 Å². The molecule has 594 valence electrons. The third kappa shape index (κ3) is 25.8. The number of aromatic amines is 3. The number of aliphatic carboxylic acids is 1. The van der Waals surface area contributed by atoms with Gasteiger partial charge < -0.3 is 112 Å². The Bertz CT molecular complexity index is 4270. The molecular formula is C77H109N21O12. The minimum absolute atomic E-state index is 0.0538. The number of phenols is 1. The van der Waals surface area contributed by atoms with Crippen molar-refractivity contribution in [3.63, 3.8) is 0 Å². The number of carboxylic acids is 1. The summed E-state index contributed by atoms with van der Waals surface area (Å²) in [5, 5.41) is 68.2. The highest BCUT2D eigenvalue weighted by molar-refractivity contribution is 6.00. The molecule has 0 bridgehead atoms. The fourth-order valence-corrected chi connectivity index (χ4v) is 12.9. The van der Waals surface area contributed by atoms with Gasteiger partial charge in [-0.1, -0.05) is 107 Å². The minimum atomic E-state index is -1.50. The lowest BCUT2D eigenvalue weighted by Crippen LogP contribution is -2.62. The molecule has 3 heterocycles. The van der Waals surface area contributed by atoms with Crippen LogP contribution in [-0.2, 0) is 73.6 Å². The molecule has 0 fully saturated rings. The smallest absolute Gasteiger partial charge is 0.326 e. The maximum atomic E-state index is 15.5. The van der Waals surface area contributed by atoms with E-state index in [0.29, 0.717) is 107 Å². The minimum Gasteiger partial charge on any atom is -0.508 e. The molecule has 11 atom stereocenters. The van der Waals surface area contributed by atoms with Crippen molar-refractivity contribution in [3.05, 3.63) is 138 Å². The summed E-state index contributed by atoms with van der Waals surface area (Å²) < 4.78 is 0. The van der Waals surface area contributed by atoms with Gasteiger partial charge in [0.15, 0.2) is 11.9 Å². The van der Waals surface area contributed by atoms with Crippen LogP contribution in [0.15, 0.2) is 116 Å². The number of unbranched alkanes of at least 4 members (excludes halogenated alkanes) is 2. The second kappa shape index (κ2) is 42.8. The van der Waals surface area contributed by atoms with Gasteiger partial charge in [-0.3, -0.25) is 54.0 Å².